The molecule has 1 aromatic rings. The quantitative estimate of drug-likeness (QED) is 0.467. The highest BCUT2D eigenvalue weighted by Gasteiger charge is 2.25. The molecule has 1 aromatic carbocycles. The third-order valence-electron chi connectivity index (χ3n) is 2.83. The molecule has 0 aromatic heterocycles. The monoisotopic (exact) mass is 268 g/mol. The number of ether oxygens (including phenoxy) is 2. The molecule has 0 saturated heterocycles. The minimum absolute atomic E-state index is 0.000833. The summed E-state index contributed by atoms with van der Waals surface area (Å²) < 4.78 is 23.6. The van der Waals surface area contributed by atoms with E-state index in [0.717, 1.165) is 6.07 Å². The predicted molar refractivity (Wildman–Crippen MR) is 68.0 cm³/mol. The van der Waals surface area contributed by atoms with Gasteiger partial charge in [-0.2, -0.15) is 0 Å². The zero-order valence-corrected chi connectivity index (χ0v) is 11.5. The Morgan fingerprint density at radius 1 is 1.32 bits per heavy atom. The zero-order chi connectivity index (χ0) is 14.6. The van der Waals surface area contributed by atoms with E-state index in [9.17, 15) is 14.0 Å². The lowest BCUT2D eigenvalue weighted by atomic mass is 9.97. The fourth-order valence-electron chi connectivity index (χ4n) is 1.92. The molecule has 4 nitrogen and oxygen atoms in total. The van der Waals surface area contributed by atoms with Crippen LogP contribution >= 0.6 is 0 Å². The van der Waals surface area contributed by atoms with Gasteiger partial charge >= 0.3 is 5.97 Å². The highest BCUT2D eigenvalue weighted by atomic mass is 19.1. The van der Waals surface area contributed by atoms with Gasteiger partial charge in [0.25, 0.3) is 5.78 Å². The van der Waals surface area contributed by atoms with E-state index in [0.29, 0.717) is 23.3 Å². The van der Waals surface area contributed by atoms with Gasteiger partial charge in [-0.3, -0.25) is 4.79 Å². The van der Waals surface area contributed by atoms with E-state index in [1.807, 2.05) is 0 Å². The second-order valence-electron chi connectivity index (χ2n) is 3.95. The standard InChI is InChI=1S/C14H17FO4/c1-5-9-10(12(16)14(17)19-6-2)7-11(15)8(3)13(9)18-4/h7H,5-6H2,1-4H3. The average Bonchev–Trinajstić information content (AvgIpc) is 2.40. The van der Waals surface area contributed by atoms with Crippen LogP contribution in [0.15, 0.2) is 6.07 Å². The number of carbonyl (C=O) groups excluding carboxylic acids is 2. The fourth-order valence-corrected chi connectivity index (χ4v) is 1.92. The average molecular weight is 268 g/mol. The highest BCUT2D eigenvalue weighted by molar-refractivity contribution is 6.41. The van der Waals surface area contributed by atoms with E-state index in [1.165, 1.54) is 7.11 Å². The Morgan fingerprint density at radius 2 is 1.95 bits per heavy atom. The Bertz CT molecular complexity index is 509. The Morgan fingerprint density at radius 3 is 2.42 bits per heavy atom. The first-order chi connectivity index (χ1) is 8.97. The molecule has 0 saturated carbocycles. The van der Waals surface area contributed by atoms with Crippen molar-refractivity contribution in [3.63, 3.8) is 0 Å². The van der Waals surface area contributed by atoms with Crippen molar-refractivity contribution in [3.05, 3.63) is 28.6 Å². The molecule has 0 amide bonds. The minimum Gasteiger partial charge on any atom is -0.496 e. The summed E-state index contributed by atoms with van der Waals surface area (Å²) in [6.07, 6.45) is 0.449. The smallest absolute Gasteiger partial charge is 0.379 e. The van der Waals surface area contributed by atoms with Crippen LogP contribution in [0.1, 0.15) is 35.3 Å². The molecule has 0 radical (unpaired) electrons. The number of methoxy groups -OCH3 is 1. The van der Waals surface area contributed by atoms with Crippen LogP contribution in [0.3, 0.4) is 0 Å². The van der Waals surface area contributed by atoms with Gasteiger partial charge in [0.2, 0.25) is 0 Å². The third-order valence-corrected chi connectivity index (χ3v) is 2.83. The molecule has 0 aliphatic carbocycles. The Hall–Kier alpha value is -1.91. The molecule has 0 atom stereocenters. The number of benzene rings is 1. The van der Waals surface area contributed by atoms with Crippen molar-refractivity contribution in [1.82, 2.24) is 0 Å². The number of rotatable bonds is 5. The summed E-state index contributed by atoms with van der Waals surface area (Å²) in [5, 5.41) is 0. The number of halogens is 1. The van der Waals surface area contributed by atoms with Gasteiger partial charge in [-0.25, -0.2) is 9.18 Å². The molecule has 0 N–H and O–H groups in total. The number of Topliss-reactive ketones (excluding diaryl/α,β-unsaturated/α-hetero) is 1. The van der Waals surface area contributed by atoms with E-state index in [4.69, 9.17) is 4.74 Å². The van der Waals surface area contributed by atoms with Crippen LogP contribution < -0.4 is 4.74 Å². The van der Waals surface area contributed by atoms with Gasteiger partial charge in [0.1, 0.15) is 11.6 Å². The number of hydrogen-bond acceptors (Lipinski definition) is 4. The largest absolute Gasteiger partial charge is 0.496 e. The van der Waals surface area contributed by atoms with Gasteiger partial charge in [-0.1, -0.05) is 6.92 Å². The van der Waals surface area contributed by atoms with E-state index in [2.05, 4.69) is 4.74 Å². The summed E-state index contributed by atoms with van der Waals surface area (Å²) in [5.74, 6) is -2.12. The molecule has 0 unspecified atom stereocenters. The van der Waals surface area contributed by atoms with Crippen molar-refractivity contribution in [2.75, 3.05) is 13.7 Å². The van der Waals surface area contributed by atoms with Crippen LogP contribution in [0.2, 0.25) is 0 Å². The second kappa shape index (κ2) is 6.31. The molecule has 0 fully saturated rings. The van der Waals surface area contributed by atoms with Crippen molar-refractivity contribution in [2.45, 2.75) is 27.2 Å². The van der Waals surface area contributed by atoms with Crippen LogP contribution in [-0.4, -0.2) is 25.5 Å². The number of ketones is 1. The molecule has 104 valence electrons. The maximum atomic E-state index is 13.8. The summed E-state index contributed by atoms with van der Waals surface area (Å²) in [4.78, 5) is 23.4. The molecular formula is C14H17FO4. The molecule has 5 heteroatoms. The Balaban J connectivity index is 3.39. The minimum atomic E-state index is -0.984. The first kappa shape index (κ1) is 15.1. The summed E-state index contributed by atoms with van der Waals surface area (Å²) >= 11 is 0. The topological polar surface area (TPSA) is 52.6 Å². The van der Waals surface area contributed by atoms with Crippen LogP contribution in [0.4, 0.5) is 4.39 Å². The molecule has 1 rings (SSSR count). The molecule has 0 aliphatic rings. The lowest BCUT2D eigenvalue weighted by Crippen LogP contribution is -2.20. The Kier molecular flexibility index (Phi) is 5.03. The second-order valence-corrected chi connectivity index (χ2v) is 3.95. The SMILES string of the molecule is CCOC(=O)C(=O)c1cc(F)c(C)c(OC)c1CC. The van der Waals surface area contributed by atoms with Crippen molar-refractivity contribution in [1.29, 1.82) is 0 Å². The maximum absolute atomic E-state index is 13.8. The highest BCUT2D eigenvalue weighted by Crippen LogP contribution is 2.30. The van der Waals surface area contributed by atoms with Gasteiger partial charge in [0, 0.05) is 16.7 Å². The number of hydrogen-bond donors (Lipinski definition) is 0. The van der Waals surface area contributed by atoms with Crippen molar-refractivity contribution in [2.24, 2.45) is 0 Å². The molecule has 0 aliphatic heterocycles. The third kappa shape index (κ3) is 2.92. The van der Waals surface area contributed by atoms with Gasteiger partial charge in [-0.05, 0) is 26.3 Å². The number of esters is 1. The van der Waals surface area contributed by atoms with Crippen molar-refractivity contribution >= 4 is 11.8 Å². The first-order valence-corrected chi connectivity index (χ1v) is 6.05. The van der Waals surface area contributed by atoms with E-state index < -0.39 is 17.6 Å². The summed E-state index contributed by atoms with van der Waals surface area (Å²) in [7, 11) is 1.40. The van der Waals surface area contributed by atoms with Gasteiger partial charge in [-0.15, -0.1) is 0 Å². The van der Waals surface area contributed by atoms with Crippen molar-refractivity contribution < 1.29 is 23.5 Å². The van der Waals surface area contributed by atoms with Crippen LogP contribution in [0, 0.1) is 12.7 Å². The summed E-state index contributed by atoms with van der Waals surface area (Å²) in [6.45, 7) is 5.06. The normalized spacial score (nSPS) is 10.2. The van der Waals surface area contributed by atoms with Crippen LogP contribution in [-0.2, 0) is 16.0 Å². The Labute approximate surface area is 111 Å². The van der Waals surface area contributed by atoms with Crippen LogP contribution in [0.5, 0.6) is 5.75 Å². The summed E-state index contributed by atoms with van der Waals surface area (Å²) in [6, 6.07) is 1.07. The molecule has 0 bridgehead atoms. The lowest BCUT2D eigenvalue weighted by molar-refractivity contribution is -0.137. The molecule has 19 heavy (non-hydrogen) atoms. The van der Waals surface area contributed by atoms with Gasteiger partial charge in [0.15, 0.2) is 0 Å². The van der Waals surface area contributed by atoms with E-state index in [1.54, 1.807) is 20.8 Å². The van der Waals surface area contributed by atoms with E-state index in [-0.39, 0.29) is 12.2 Å². The fraction of sp³-hybridized carbons (Fsp3) is 0.429. The van der Waals surface area contributed by atoms with Crippen LogP contribution in [0.25, 0.3) is 0 Å². The number of carbonyl (C=O) groups is 2. The molecular weight excluding hydrogens is 251 g/mol. The van der Waals surface area contributed by atoms with E-state index >= 15 is 0 Å². The zero-order valence-electron chi connectivity index (χ0n) is 11.5. The van der Waals surface area contributed by atoms with Crippen molar-refractivity contribution in [3.8, 4) is 5.75 Å². The maximum Gasteiger partial charge on any atom is 0.379 e. The van der Waals surface area contributed by atoms with Gasteiger partial charge in [0.05, 0.1) is 13.7 Å². The first-order valence-electron chi connectivity index (χ1n) is 6.05. The predicted octanol–water partition coefficient (Wildman–Crippen LogP) is 2.45. The molecule has 0 spiro atoms. The van der Waals surface area contributed by atoms with Gasteiger partial charge < -0.3 is 9.47 Å². The lowest BCUT2D eigenvalue weighted by Gasteiger charge is -2.14. The molecule has 0 heterocycles. The summed E-state index contributed by atoms with van der Waals surface area (Å²) in [5.41, 5.74) is 0.833.